The fraction of sp³-hybridized carbons (Fsp3) is 0.636. The number of hydrogen-bond donors (Lipinski definition) is 2. The van der Waals surface area contributed by atoms with Crippen LogP contribution in [0, 0.1) is 0 Å². The molecule has 2 aliphatic rings. The normalized spacial score (nSPS) is 20.0. The predicted molar refractivity (Wildman–Crippen MR) is 132 cm³/mol. The lowest BCUT2D eigenvalue weighted by molar-refractivity contribution is -0.0352. The van der Waals surface area contributed by atoms with Gasteiger partial charge in [-0.1, -0.05) is 25.3 Å². The molecule has 0 radical (unpaired) electrons. The van der Waals surface area contributed by atoms with E-state index in [2.05, 4.69) is 36.1 Å². The van der Waals surface area contributed by atoms with Gasteiger partial charge in [-0.05, 0) is 25.0 Å². The molecule has 0 spiro atoms. The molecule has 2 N–H and O–H groups in total. The van der Waals surface area contributed by atoms with Gasteiger partial charge < -0.3 is 19.8 Å². The van der Waals surface area contributed by atoms with E-state index in [0.717, 1.165) is 63.1 Å². The monoisotopic (exact) mass is 526 g/mol. The van der Waals surface area contributed by atoms with Gasteiger partial charge in [-0.15, -0.1) is 24.0 Å². The van der Waals surface area contributed by atoms with Gasteiger partial charge in [0.25, 0.3) is 0 Å². The number of pyridine rings is 1. The van der Waals surface area contributed by atoms with Crippen LogP contribution in [0.2, 0.25) is 0 Å². The number of aliphatic imine (C=N–C) groups is 1. The molecule has 0 aromatic carbocycles. The summed E-state index contributed by atoms with van der Waals surface area (Å²) in [7, 11) is 1.85. The maximum Gasteiger partial charge on any atom is 0.191 e. The Morgan fingerprint density at radius 3 is 2.70 bits per heavy atom. The molecule has 2 fully saturated rings. The van der Waals surface area contributed by atoms with Crippen LogP contribution in [0.15, 0.2) is 35.6 Å². The molecule has 0 bridgehead atoms. The highest BCUT2D eigenvalue weighted by Crippen LogP contribution is 2.33. The van der Waals surface area contributed by atoms with Gasteiger partial charge >= 0.3 is 0 Å². The van der Waals surface area contributed by atoms with E-state index in [1.165, 1.54) is 32.1 Å². The van der Waals surface area contributed by atoms with Gasteiger partial charge in [-0.25, -0.2) is 4.98 Å². The van der Waals surface area contributed by atoms with Crippen molar-refractivity contribution >= 4 is 35.6 Å². The van der Waals surface area contributed by atoms with E-state index in [1.807, 2.05) is 31.4 Å². The third-order valence-corrected chi connectivity index (χ3v) is 6.36. The highest BCUT2D eigenvalue weighted by Gasteiger charge is 2.38. The van der Waals surface area contributed by atoms with Crippen LogP contribution in [-0.2, 0) is 11.2 Å². The van der Waals surface area contributed by atoms with Crippen LogP contribution in [0.25, 0.3) is 5.65 Å². The van der Waals surface area contributed by atoms with Gasteiger partial charge in [0.1, 0.15) is 5.65 Å². The van der Waals surface area contributed by atoms with E-state index in [-0.39, 0.29) is 29.5 Å². The first-order chi connectivity index (χ1) is 14.3. The lowest BCUT2D eigenvalue weighted by Gasteiger charge is -2.48. The Morgan fingerprint density at radius 1 is 1.17 bits per heavy atom. The number of rotatable bonds is 6. The van der Waals surface area contributed by atoms with Crippen LogP contribution in [0.4, 0.5) is 0 Å². The molecule has 1 aliphatic carbocycles. The van der Waals surface area contributed by atoms with E-state index in [4.69, 9.17) is 4.74 Å². The Labute approximate surface area is 196 Å². The first kappa shape index (κ1) is 23.3. The van der Waals surface area contributed by atoms with Gasteiger partial charge in [0.2, 0.25) is 0 Å². The van der Waals surface area contributed by atoms with Gasteiger partial charge in [0.15, 0.2) is 5.96 Å². The molecule has 1 saturated carbocycles. The number of ether oxygens (including phenoxy) is 1. The molecule has 4 rings (SSSR count). The van der Waals surface area contributed by atoms with Crippen molar-refractivity contribution in [2.75, 3.05) is 46.4 Å². The van der Waals surface area contributed by atoms with Crippen molar-refractivity contribution in [3.8, 4) is 0 Å². The summed E-state index contributed by atoms with van der Waals surface area (Å²) in [6, 6.07) is 6.08. The minimum absolute atomic E-state index is 0. The zero-order chi connectivity index (χ0) is 19.9. The molecule has 3 heterocycles. The molecule has 7 nitrogen and oxygen atoms in total. The van der Waals surface area contributed by atoms with Crippen LogP contribution in [0.3, 0.4) is 0 Å². The predicted octanol–water partition coefficient (Wildman–Crippen LogP) is 2.69. The minimum Gasteiger partial charge on any atom is -0.379 e. The van der Waals surface area contributed by atoms with Crippen molar-refractivity contribution in [2.45, 2.75) is 44.1 Å². The van der Waals surface area contributed by atoms with Crippen LogP contribution in [0.1, 0.15) is 37.8 Å². The van der Waals surface area contributed by atoms with Crippen molar-refractivity contribution in [2.24, 2.45) is 4.99 Å². The van der Waals surface area contributed by atoms with Gasteiger partial charge in [0, 0.05) is 57.6 Å². The highest BCUT2D eigenvalue weighted by molar-refractivity contribution is 14.0. The minimum atomic E-state index is 0. The van der Waals surface area contributed by atoms with Crippen LogP contribution in [-0.4, -0.2) is 72.2 Å². The van der Waals surface area contributed by atoms with Gasteiger partial charge in [-0.2, -0.15) is 0 Å². The van der Waals surface area contributed by atoms with Crippen molar-refractivity contribution in [3.63, 3.8) is 0 Å². The first-order valence-electron chi connectivity index (χ1n) is 11.0. The summed E-state index contributed by atoms with van der Waals surface area (Å²) in [6.45, 7) is 5.56. The molecule has 2 aromatic heterocycles. The van der Waals surface area contributed by atoms with E-state index in [1.54, 1.807) is 0 Å². The Kier molecular flexibility index (Phi) is 8.76. The fourth-order valence-electron chi connectivity index (χ4n) is 4.74. The maximum atomic E-state index is 5.59. The number of fused-ring (bicyclic) bond motifs is 1. The second-order valence-electron chi connectivity index (χ2n) is 8.19. The Hall–Kier alpha value is -1.39. The fourth-order valence-corrected chi connectivity index (χ4v) is 4.74. The molecule has 166 valence electrons. The average molecular weight is 526 g/mol. The molecule has 0 unspecified atom stereocenters. The topological polar surface area (TPSA) is 66.2 Å². The SMILES string of the molecule is CN=C(NCCc1cn2ccccc2n1)NCC1(N2CCOCC2)CCCCC1.I. The third kappa shape index (κ3) is 5.64. The lowest BCUT2D eigenvalue weighted by atomic mass is 9.80. The molecule has 8 heteroatoms. The highest BCUT2D eigenvalue weighted by atomic mass is 127. The standard InChI is InChI=1S/C22H34N6O.HI/c1-23-21(24-11-8-19-17-27-12-6-3-7-20(27)26-19)25-18-22(9-4-2-5-10-22)28-13-15-29-16-14-28;/h3,6-7,12,17H,2,4-5,8-11,13-16,18H2,1H3,(H2,23,24,25);1H. The van der Waals surface area contributed by atoms with E-state index < -0.39 is 0 Å². The zero-order valence-corrected chi connectivity index (χ0v) is 20.3. The number of halogens is 1. The van der Waals surface area contributed by atoms with E-state index >= 15 is 0 Å². The van der Waals surface area contributed by atoms with Crippen LogP contribution >= 0.6 is 24.0 Å². The van der Waals surface area contributed by atoms with Crippen molar-refractivity contribution in [1.82, 2.24) is 24.9 Å². The van der Waals surface area contributed by atoms with E-state index in [0.29, 0.717) is 0 Å². The van der Waals surface area contributed by atoms with Crippen molar-refractivity contribution < 1.29 is 4.74 Å². The molecule has 1 aliphatic heterocycles. The van der Waals surface area contributed by atoms with Crippen LogP contribution in [0.5, 0.6) is 0 Å². The van der Waals surface area contributed by atoms with E-state index in [9.17, 15) is 0 Å². The summed E-state index contributed by atoms with van der Waals surface area (Å²) < 4.78 is 7.66. The number of nitrogens with one attached hydrogen (secondary N) is 2. The van der Waals surface area contributed by atoms with Crippen molar-refractivity contribution in [1.29, 1.82) is 0 Å². The summed E-state index contributed by atoms with van der Waals surface area (Å²) >= 11 is 0. The quantitative estimate of drug-likeness (QED) is 0.345. The summed E-state index contributed by atoms with van der Waals surface area (Å²) in [5.41, 5.74) is 2.33. The average Bonchev–Trinajstić information content (AvgIpc) is 3.20. The Balaban J connectivity index is 0.00000256. The van der Waals surface area contributed by atoms with Gasteiger partial charge in [-0.3, -0.25) is 9.89 Å². The number of aromatic nitrogens is 2. The molecular formula is C22H35IN6O. The Morgan fingerprint density at radius 2 is 1.97 bits per heavy atom. The molecular weight excluding hydrogens is 491 g/mol. The maximum absolute atomic E-state index is 5.59. The van der Waals surface area contributed by atoms with Crippen LogP contribution < -0.4 is 10.6 Å². The molecule has 0 atom stereocenters. The number of imidazole rings is 1. The number of morpholine rings is 1. The first-order valence-corrected chi connectivity index (χ1v) is 11.0. The lowest BCUT2D eigenvalue weighted by Crippen LogP contribution is -2.60. The second kappa shape index (κ2) is 11.3. The van der Waals surface area contributed by atoms with Crippen molar-refractivity contribution in [3.05, 3.63) is 36.3 Å². The molecule has 0 amide bonds. The molecule has 2 aromatic rings. The molecule has 1 saturated heterocycles. The number of nitrogens with zero attached hydrogens (tertiary/aromatic N) is 4. The Bertz CT molecular complexity index is 778. The number of guanidine groups is 1. The zero-order valence-electron chi connectivity index (χ0n) is 18.0. The largest absolute Gasteiger partial charge is 0.379 e. The third-order valence-electron chi connectivity index (χ3n) is 6.36. The number of hydrogen-bond acceptors (Lipinski definition) is 4. The summed E-state index contributed by atoms with van der Waals surface area (Å²) in [4.78, 5) is 11.8. The summed E-state index contributed by atoms with van der Waals surface area (Å²) in [6.07, 6.45) is 11.5. The summed E-state index contributed by atoms with van der Waals surface area (Å²) in [5.74, 6) is 0.881. The second-order valence-corrected chi connectivity index (χ2v) is 8.19. The summed E-state index contributed by atoms with van der Waals surface area (Å²) in [5, 5.41) is 7.09. The smallest absolute Gasteiger partial charge is 0.191 e. The molecule has 30 heavy (non-hydrogen) atoms. The van der Waals surface area contributed by atoms with Gasteiger partial charge in [0.05, 0.1) is 18.9 Å².